The average molecular weight is 334 g/mol. The molecule has 0 unspecified atom stereocenters. The Hall–Kier alpha value is -2.02. The third kappa shape index (κ3) is 3.50. The highest BCUT2D eigenvalue weighted by Crippen LogP contribution is 2.35. The summed E-state index contributed by atoms with van der Waals surface area (Å²) in [6.07, 6.45) is 3.57. The maximum absolute atomic E-state index is 11.9. The largest absolute Gasteiger partial charge is 0.493 e. The molecule has 0 radical (unpaired) electrons. The highest BCUT2D eigenvalue weighted by molar-refractivity contribution is 8.00. The van der Waals surface area contributed by atoms with E-state index in [1.807, 2.05) is 6.07 Å². The van der Waals surface area contributed by atoms with Gasteiger partial charge in [-0.2, -0.15) is 0 Å². The molecule has 122 valence electrons. The molecule has 7 heteroatoms. The molecule has 3 rings (SSSR count). The van der Waals surface area contributed by atoms with Gasteiger partial charge in [0.1, 0.15) is 5.78 Å². The zero-order valence-electron chi connectivity index (χ0n) is 13.1. The van der Waals surface area contributed by atoms with Gasteiger partial charge in [-0.1, -0.05) is 18.2 Å². The van der Waals surface area contributed by atoms with Crippen LogP contribution in [0.25, 0.3) is 11.5 Å². The quantitative estimate of drug-likeness (QED) is 0.830. The van der Waals surface area contributed by atoms with Crippen LogP contribution >= 0.6 is 11.8 Å². The molecule has 1 aliphatic carbocycles. The van der Waals surface area contributed by atoms with E-state index in [0.29, 0.717) is 29.0 Å². The van der Waals surface area contributed by atoms with Crippen molar-refractivity contribution in [1.82, 2.24) is 10.2 Å². The van der Waals surface area contributed by atoms with E-state index in [2.05, 4.69) is 10.2 Å². The van der Waals surface area contributed by atoms with E-state index in [9.17, 15) is 4.79 Å². The third-order valence-electron chi connectivity index (χ3n) is 3.78. The summed E-state index contributed by atoms with van der Waals surface area (Å²) < 4.78 is 16.2. The third-order valence-corrected chi connectivity index (χ3v) is 4.93. The van der Waals surface area contributed by atoms with E-state index in [1.54, 1.807) is 26.4 Å². The number of carbonyl (C=O) groups is 1. The van der Waals surface area contributed by atoms with Gasteiger partial charge in [0, 0.05) is 12.0 Å². The first kappa shape index (κ1) is 15.9. The van der Waals surface area contributed by atoms with E-state index in [0.717, 1.165) is 24.8 Å². The van der Waals surface area contributed by atoms with Crippen molar-refractivity contribution in [1.29, 1.82) is 0 Å². The van der Waals surface area contributed by atoms with Gasteiger partial charge in [-0.05, 0) is 31.0 Å². The van der Waals surface area contributed by atoms with Crippen molar-refractivity contribution >= 4 is 17.5 Å². The minimum Gasteiger partial charge on any atom is -0.493 e. The van der Waals surface area contributed by atoms with Gasteiger partial charge in [0.25, 0.3) is 5.22 Å². The maximum Gasteiger partial charge on any atom is 0.277 e. The molecule has 0 amide bonds. The first-order chi connectivity index (χ1) is 11.2. The van der Waals surface area contributed by atoms with Crippen molar-refractivity contribution in [2.45, 2.75) is 36.2 Å². The maximum atomic E-state index is 11.9. The lowest BCUT2D eigenvalue weighted by Crippen LogP contribution is -2.21. The van der Waals surface area contributed by atoms with Crippen molar-refractivity contribution in [3.05, 3.63) is 18.2 Å². The van der Waals surface area contributed by atoms with Crippen LogP contribution in [-0.4, -0.2) is 35.5 Å². The Morgan fingerprint density at radius 3 is 2.74 bits per heavy atom. The fraction of sp³-hybridized carbons (Fsp3) is 0.438. The van der Waals surface area contributed by atoms with Crippen LogP contribution in [0.2, 0.25) is 0 Å². The molecule has 0 spiro atoms. The van der Waals surface area contributed by atoms with Gasteiger partial charge in [-0.3, -0.25) is 4.79 Å². The van der Waals surface area contributed by atoms with E-state index >= 15 is 0 Å². The summed E-state index contributed by atoms with van der Waals surface area (Å²) in [7, 11) is 3.16. The van der Waals surface area contributed by atoms with Gasteiger partial charge >= 0.3 is 0 Å². The minimum atomic E-state index is -0.0672. The van der Waals surface area contributed by atoms with Crippen molar-refractivity contribution in [2.24, 2.45) is 0 Å². The molecular formula is C16H18N2O4S. The number of hydrogen-bond acceptors (Lipinski definition) is 7. The second kappa shape index (κ2) is 7.04. The summed E-state index contributed by atoms with van der Waals surface area (Å²) in [6.45, 7) is 0. The number of benzene rings is 1. The minimum absolute atomic E-state index is 0.0672. The predicted molar refractivity (Wildman–Crippen MR) is 86.0 cm³/mol. The molecule has 1 aromatic heterocycles. The number of hydrogen-bond donors (Lipinski definition) is 0. The molecule has 1 aromatic carbocycles. The Bertz CT molecular complexity index is 701. The first-order valence-corrected chi connectivity index (χ1v) is 8.34. The lowest BCUT2D eigenvalue weighted by molar-refractivity contribution is -0.119. The van der Waals surface area contributed by atoms with Gasteiger partial charge in [-0.25, -0.2) is 0 Å². The van der Waals surface area contributed by atoms with Gasteiger partial charge in [-0.15, -0.1) is 10.2 Å². The smallest absolute Gasteiger partial charge is 0.277 e. The zero-order valence-corrected chi connectivity index (χ0v) is 13.9. The predicted octanol–water partition coefficient (Wildman–Crippen LogP) is 3.36. The van der Waals surface area contributed by atoms with Crippen LogP contribution in [0.15, 0.2) is 27.8 Å². The molecule has 0 bridgehead atoms. The fourth-order valence-corrected chi connectivity index (χ4v) is 3.53. The molecule has 1 atom stereocenters. The number of aromatic nitrogens is 2. The highest BCUT2D eigenvalue weighted by Gasteiger charge is 2.25. The van der Waals surface area contributed by atoms with Crippen molar-refractivity contribution in [3.8, 4) is 23.0 Å². The number of ether oxygens (including phenoxy) is 2. The number of rotatable bonds is 5. The Balaban J connectivity index is 1.77. The van der Waals surface area contributed by atoms with Gasteiger partial charge < -0.3 is 13.9 Å². The average Bonchev–Trinajstić information content (AvgIpc) is 3.05. The number of carbonyl (C=O) groups excluding carboxylic acids is 1. The molecule has 1 heterocycles. The van der Waals surface area contributed by atoms with Crippen LogP contribution in [0, 0.1) is 0 Å². The fourth-order valence-electron chi connectivity index (χ4n) is 2.54. The SMILES string of the molecule is COc1ccc(-c2nnc(S[C@@H]3CCCCC3=O)o2)cc1OC. The van der Waals surface area contributed by atoms with Crippen LogP contribution in [0.5, 0.6) is 11.5 Å². The molecule has 1 fully saturated rings. The molecule has 23 heavy (non-hydrogen) atoms. The number of nitrogens with zero attached hydrogens (tertiary/aromatic N) is 2. The zero-order chi connectivity index (χ0) is 16.2. The Morgan fingerprint density at radius 1 is 1.17 bits per heavy atom. The standard InChI is InChI=1S/C16H18N2O4S/c1-20-12-8-7-10(9-13(12)21-2)15-17-18-16(22-15)23-14-6-4-3-5-11(14)19/h7-9,14H,3-6H2,1-2H3/t14-/m1/s1. The molecule has 6 nitrogen and oxygen atoms in total. The van der Waals surface area contributed by atoms with E-state index in [-0.39, 0.29) is 11.0 Å². The van der Waals surface area contributed by atoms with Crippen molar-refractivity contribution in [2.75, 3.05) is 14.2 Å². The van der Waals surface area contributed by atoms with Crippen LogP contribution in [0.1, 0.15) is 25.7 Å². The molecule has 0 N–H and O–H groups in total. The topological polar surface area (TPSA) is 74.5 Å². The Morgan fingerprint density at radius 2 is 2.00 bits per heavy atom. The summed E-state index contributed by atoms with van der Waals surface area (Å²) in [4.78, 5) is 11.9. The van der Waals surface area contributed by atoms with Gasteiger partial charge in [0.2, 0.25) is 5.89 Å². The lowest BCUT2D eigenvalue weighted by atomic mass is 9.99. The summed E-state index contributed by atoms with van der Waals surface area (Å²) in [5.74, 6) is 1.90. The molecule has 1 saturated carbocycles. The Labute approximate surface area is 138 Å². The number of methoxy groups -OCH3 is 2. The second-order valence-electron chi connectivity index (χ2n) is 5.26. The number of Topliss-reactive ketones (excluding diaryl/α,β-unsaturated/α-hetero) is 1. The van der Waals surface area contributed by atoms with Crippen LogP contribution in [-0.2, 0) is 4.79 Å². The van der Waals surface area contributed by atoms with Crippen LogP contribution in [0.4, 0.5) is 0 Å². The Kier molecular flexibility index (Phi) is 4.85. The molecule has 1 aliphatic rings. The summed E-state index contributed by atoms with van der Waals surface area (Å²) in [6, 6.07) is 5.40. The van der Waals surface area contributed by atoms with E-state index < -0.39 is 0 Å². The van der Waals surface area contributed by atoms with Crippen molar-refractivity contribution in [3.63, 3.8) is 0 Å². The summed E-state index contributed by atoms with van der Waals surface area (Å²) >= 11 is 1.36. The summed E-state index contributed by atoms with van der Waals surface area (Å²) in [5.41, 5.74) is 0.747. The number of thioether (sulfide) groups is 1. The molecular weight excluding hydrogens is 316 g/mol. The summed E-state index contributed by atoms with van der Waals surface area (Å²) in [5, 5.41) is 8.46. The number of ketones is 1. The van der Waals surface area contributed by atoms with E-state index in [4.69, 9.17) is 13.9 Å². The lowest BCUT2D eigenvalue weighted by Gasteiger charge is -2.17. The second-order valence-corrected chi connectivity index (χ2v) is 6.42. The van der Waals surface area contributed by atoms with Crippen molar-refractivity contribution < 1.29 is 18.7 Å². The molecule has 0 aliphatic heterocycles. The van der Waals surface area contributed by atoms with E-state index in [1.165, 1.54) is 11.8 Å². The molecule has 2 aromatic rings. The van der Waals surface area contributed by atoms with Crippen LogP contribution < -0.4 is 9.47 Å². The normalized spacial score (nSPS) is 18.0. The van der Waals surface area contributed by atoms with Gasteiger partial charge in [0.15, 0.2) is 11.5 Å². The highest BCUT2D eigenvalue weighted by atomic mass is 32.2. The monoisotopic (exact) mass is 334 g/mol. The van der Waals surface area contributed by atoms with Crippen LogP contribution in [0.3, 0.4) is 0 Å². The molecule has 0 saturated heterocycles. The van der Waals surface area contributed by atoms with Gasteiger partial charge in [0.05, 0.1) is 19.5 Å². The first-order valence-electron chi connectivity index (χ1n) is 7.46.